The second kappa shape index (κ2) is 6.20. The van der Waals surface area contributed by atoms with Crippen LogP contribution in [0.15, 0.2) is 0 Å². The summed E-state index contributed by atoms with van der Waals surface area (Å²) in [5.74, 6) is -0.259. The van der Waals surface area contributed by atoms with Crippen LogP contribution in [-0.2, 0) is 7.86 Å². The molecular weight excluding hydrogens is 206 g/mol. The molecule has 2 nitrogen and oxygen atoms in total. The maximum Gasteiger partial charge on any atom is 0.312 e. The molecular formula is C2H3INaO2. The van der Waals surface area contributed by atoms with E-state index < -0.39 is 0 Å². The molecule has 0 saturated carbocycles. The summed E-state index contributed by atoms with van der Waals surface area (Å²) >= 11 is 1.53. The Morgan fingerprint density at radius 3 is 2.00 bits per heavy atom. The monoisotopic (exact) mass is 209 g/mol. The Bertz CT molecular complexity index is 46.8. The molecule has 0 fully saturated rings. The van der Waals surface area contributed by atoms with Gasteiger partial charge in [0.1, 0.15) is 0 Å². The normalized spacial score (nSPS) is 5.67. The van der Waals surface area contributed by atoms with E-state index in [-0.39, 0.29) is 35.5 Å². The predicted molar refractivity (Wildman–Crippen MR) is 31.5 cm³/mol. The Morgan fingerprint density at radius 2 is 2.00 bits per heavy atom. The molecule has 0 aliphatic heterocycles. The van der Waals surface area contributed by atoms with Gasteiger partial charge in [-0.25, -0.2) is 0 Å². The maximum absolute atomic E-state index is 9.58. The standard InChI is InChI=1S/C2H3IO2.Na/c1-2(4)5-3;/h1H3;. The van der Waals surface area contributed by atoms with Crippen molar-refractivity contribution in [1.82, 2.24) is 0 Å². The molecule has 0 aromatic rings. The Hall–Kier alpha value is 1.20. The third-order valence-electron chi connectivity index (χ3n) is 0.109. The molecule has 0 spiro atoms. The second-order valence-electron chi connectivity index (χ2n) is 0.569. The van der Waals surface area contributed by atoms with Crippen molar-refractivity contribution in [1.29, 1.82) is 0 Å². The summed E-state index contributed by atoms with van der Waals surface area (Å²) < 4.78 is 4.08. The SMILES string of the molecule is CC(=O)OI.[Na]. The first-order valence-electron chi connectivity index (χ1n) is 1.06. The van der Waals surface area contributed by atoms with E-state index in [9.17, 15) is 4.79 Å². The molecule has 0 aromatic heterocycles. The number of hydrogen-bond acceptors (Lipinski definition) is 2. The van der Waals surface area contributed by atoms with Crippen LogP contribution < -0.4 is 0 Å². The molecule has 4 heteroatoms. The molecule has 31 valence electrons. The van der Waals surface area contributed by atoms with Gasteiger partial charge in [-0.05, 0) is 0 Å². The van der Waals surface area contributed by atoms with Gasteiger partial charge in [0.05, 0.1) is 0 Å². The molecule has 0 amide bonds. The molecule has 0 atom stereocenters. The maximum atomic E-state index is 9.58. The number of carbonyl (C=O) groups excluding carboxylic acids is 1. The zero-order chi connectivity index (χ0) is 4.28. The minimum Gasteiger partial charge on any atom is -0.395 e. The van der Waals surface area contributed by atoms with Crippen LogP contribution >= 0.6 is 23.0 Å². The third-order valence-corrected chi connectivity index (χ3v) is 0.729. The Labute approximate surface area is 72.6 Å². The number of halogens is 1. The van der Waals surface area contributed by atoms with E-state index in [0.717, 1.165) is 0 Å². The van der Waals surface area contributed by atoms with E-state index in [1.165, 1.54) is 29.9 Å². The van der Waals surface area contributed by atoms with Crippen LogP contribution in [0.1, 0.15) is 6.92 Å². The van der Waals surface area contributed by atoms with Gasteiger partial charge in [-0.3, -0.25) is 4.79 Å². The summed E-state index contributed by atoms with van der Waals surface area (Å²) in [6.45, 7) is 1.35. The van der Waals surface area contributed by atoms with Crippen LogP contribution in [0.2, 0.25) is 0 Å². The van der Waals surface area contributed by atoms with E-state index in [0.29, 0.717) is 0 Å². The fourth-order valence-electron chi connectivity index (χ4n) is 0. The number of hydrogen-bond donors (Lipinski definition) is 0. The molecule has 0 N–H and O–H groups in total. The van der Waals surface area contributed by atoms with Crippen molar-refractivity contribution in [2.24, 2.45) is 0 Å². The van der Waals surface area contributed by atoms with Gasteiger partial charge in [0.2, 0.25) is 0 Å². The Morgan fingerprint density at radius 1 is 1.83 bits per heavy atom. The van der Waals surface area contributed by atoms with Crippen LogP contribution in [0.5, 0.6) is 0 Å². The molecule has 0 aromatic carbocycles. The zero-order valence-electron chi connectivity index (χ0n) is 3.69. The molecule has 0 rings (SSSR count). The van der Waals surface area contributed by atoms with E-state index in [1.807, 2.05) is 0 Å². The summed E-state index contributed by atoms with van der Waals surface area (Å²) in [5.41, 5.74) is 0. The Kier molecular flexibility index (Phi) is 10.6. The first kappa shape index (κ1) is 10.2. The van der Waals surface area contributed by atoms with Gasteiger partial charge in [0.15, 0.2) is 23.0 Å². The minimum atomic E-state index is -0.259. The fourth-order valence-corrected chi connectivity index (χ4v) is 0. The van der Waals surface area contributed by atoms with Crippen molar-refractivity contribution in [2.75, 3.05) is 0 Å². The first-order chi connectivity index (χ1) is 2.27. The van der Waals surface area contributed by atoms with Gasteiger partial charge < -0.3 is 3.07 Å². The molecule has 0 aliphatic rings. The van der Waals surface area contributed by atoms with E-state index in [2.05, 4.69) is 3.07 Å². The van der Waals surface area contributed by atoms with E-state index in [4.69, 9.17) is 0 Å². The van der Waals surface area contributed by atoms with Crippen molar-refractivity contribution in [3.63, 3.8) is 0 Å². The topological polar surface area (TPSA) is 26.3 Å². The largest absolute Gasteiger partial charge is 0.395 e. The molecule has 0 bridgehead atoms. The molecule has 0 unspecified atom stereocenters. The van der Waals surface area contributed by atoms with Crippen LogP contribution in [0.3, 0.4) is 0 Å². The smallest absolute Gasteiger partial charge is 0.312 e. The van der Waals surface area contributed by atoms with Crippen molar-refractivity contribution < 1.29 is 7.86 Å². The van der Waals surface area contributed by atoms with Gasteiger partial charge in [0.25, 0.3) is 0 Å². The number of carbonyl (C=O) groups is 1. The first-order valence-corrected chi connectivity index (χ1v) is 1.94. The zero-order valence-corrected chi connectivity index (χ0v) is 7.85. The average Bonchev–Trinajstić information content (AvgIpc) is 1.38. The molecule has 0 saturated heterocycles. The van der Waals surface area contributed by atoms with Gasteiger partial charge in [-0.1, -0.05) is 0 Å². The Balaban J connectivity index is 0. The summed E-state index contributed by atoms with van der Waals surface area (Å²) in [6.07, 6.45) is 0. The predicted octanol–water partition coefficient (Wildman–Crippen LogP) is 0.519. The molecule has 0 aliphatic carbocycles. The van der Waals surface area contributed by atoms with Crippen molar-refractivity contribution in [3.05, 3.63) is 0 Å². The van der Waals surface area contributed by atoms with Gasteiger partial charge in [-0.2, -0.15) is 0 Å². The third kappa shape index (κ3) is 8.96. The summed E-state index contributed by atoms with van der Waals surface area (Å²) in [7, 11) is 0. The van der Waals surface area contributed by atoms with Gasteiger partial charge in [-0.15, -0.1) is 0 Å². The average molecular weight is 209 g/mol. The van der Waals surface area contributed by atoms with Crippen LogP contribution in [0.25, 0.3) is 0 Å². The second-order valence-corrected chi connectivity index (χ2v) is 1.01. The quantitative estimate of drug-likeness (QED) is 0.429. The van der Waals surface area contributed by atoms with Crippen molar-refractivity contribution in [2.45, 2.75) is 6.92 Å². The van der Waals surface area contributed by atoms with Gasteiger partial charge in [0, 0.05) is 36.5 Å². The minimum absolute atomic E-state index is 0. The van der Waals surface area contributed by atoms with E-state index in [1.54, 1.807) is 0 Å². The fraction of sp³-hybridized carbons (Fsp3) is 0.500. The van der Waals surface area contributed by atoms with Crippen LogP contribution in [0.4, 0.5) is 0 Å². The number of rotatable bonds is 0. The van der Waals surface area contributed by atoms with Crippen LogP contribution in [-0.4, -0.2) is 35.5 Å². The van der Waals surface area contributed by atoms with Crippen molar-refractivity contribution >= 4 is 58.5 Å². The molecule has 0 heterocycles. The van der Waals surface area contributed by atoms with Crippen LogP contribution in [0, 0.1) is 0 Å². The summed E-state index contributed by atoms with van der Waals surface area (Å²) in [6, 6.07) is 0. The van der Waals surface area contributed by atoms with Crippen molar-refractivity contribution in [3.8, 4) is 0 Å². The summed E-state index contributed by atoms with van der Waals surface area (Å²) in [5, 5.41) is 0. The molecule has 1 radical (unpaired) electrons. The van der Waals surface area contributed by atoms with E-state index >= 15 is 0 Å². The summed E-state index contributed by atoms with van der Waals surface area (Å²) in [4.78, 5) is 9.58. The van der Waals surface area contributed by atoms with Gasteiger partial charge >= 0.3 is 5.97 Å². The molecule has 6 heavy (non-hydrogen) atoms.